The van der Waals surface area contributed by atoms with E-state index in [2.05, 4.69) is 0 Å². The zero-order valence-corrected chi connectivity index (χ0v) is 11.0. The molecule has 0 aliphatic carbocycles. The molecule has 0 atom stereocenters. The average molecular weight is 208 g/mol. The van der Waals surface area contributed by atoms with E-state index in [1.165, 1.54) is 5.56 Å². The third-order valence-corrected chi connectivity index (χ3v) is 2.16. The van der Waals surface area contributed by atoms with Crippen molar-refractivity contribution in [3.8, 4) is 0 Å². The van der Waals surface area contributed by atoms with Gasteiger partial charge in [0.15, 0.2) is 0 Å². The molecule has 12 heavy (non-hydrogen) atoms. The number of aryl methyl sites for hydroxylation is 1. The Balaban J connectivity index is 0.00000121. The molecule has 1 heterocycles. The maximum Gasteiger partial charge on any atom is 1.00 e. The zero-order chi connectivity index (χ0) is 8.10. The summed E-state index contributed by atoms with van der Waals surface area (Å²) in [4.78, 5) is 10.0. The maximum absolute atomic E-state index is 10.0. The molecule has 0 amide bonds. The topological polar surface area (TPSA) is 40.1 Å². The quantitative estimate of drug-likeness (QED) is 0.528. The van der Waals surface area contributed by atoms with Crippen molar-refractivity contribution in [3.05, 3.63) is 22.4 Å². The third kappa shape index (κ3) is 5.45. The standard InChI is InChI=1S/C8H10O2S.K/c9-8(10)3-1-2-7-4-5-11-6-7;/h4-6H,1-3H2,(H,9,10);/q;+1/p-1. The first-order valence-corrected chi connectivity index (χ1v) is 4.44. The number of hydrogen-bond acceptors (Lipinski definition) is 3. The van der Waals surface area contributed by atoms with Crippen LogP contribution in [0.3, 0.4) is 0 Å². The Hall–Kier alpha value is 0.806. The van der Waals surface area contributed by atoms with Crippen molar-refractivity contribution in [2.75, 3.05) is 0 Å². The van der Waals surface area contributed by atoms with Crippen molar-refractivity contribution in [2.24, 2.45) is 0 Å². The van der Waals surface area contributed by atoms with E-state index in [1.807, 2.05) is 16.8 Å². The Morgan fingerprint density at radius 2 is 2.33 bits per heavy atom. The molecule has 0 aliphatic heterocycles. The van der Waals surface area contributed by atoms with E-state index in [9.17, 15) is 9.90 Å². The summed E-state index contributed by atoms with van der Waals surface area (Å²) in [5, 5.41) is 14.1. The molecule has 0 saturated carbocycles. The summed E-state index contributed by atoms with van der Waals surface area (Å²) in [5.74, 6) is -0.958. The number of carboxylic acid groups (broad SMARTS) is 1. The van der Waals surface area contributed by atoms with E-state index in [0.29, 0.717) is 6.42 Å². The molecule has 60 valence electrons. The Morgan fingerprint density at radius 3 is 2.83 bits per heavy atom. The first kappa shape index (κ1) is 12.8. The predicted molar refractivity (Wildman–Crippen MR) is 42.3 cm³/mol. The van der Waals surface area contributed by atoms with Crippen LogP contribution in [0.5, 0.6) is 0 Å². The first-order valence-electron chi connectivity index (χ1n) is 3.50. The number of aliphatic carboxylic acids is 1. The largest absolute Gasteiger partial charge is 1.00 e. The van der Waals surface area contributed by atoms with Gasteiger partial charge in [0.1, 0.15) is 0 Å². The predicted octanol–water partition coefficient (Wildman–Crippen LogP) is -2.18. The van der Waals surface area contributed by atoms with Crippen LogP contribution in [-0.2, 0) is 11.2 Å². The molecular weight excluding hydrogens is 199 g/mol. The van der Waals surface area contributed by atoms with E-state index < -0.39 is 5.97 Å². The summed E-state index contributed by atoms with van der Waals surface area (Å²) in [6.45, 7) is 0. The van der Waals surface area contributed by atoms with E-state index in [1.54, 1.807) is 11.3 Å². The molecule has 1 rings (SSSR count). The minimum absolute atomic E-state index is 0. The van der Waals surface area contributed by atoms with Crippen LogP contribution in [-0.4, -0.2) is 5.97 Å². The molecule has 0 radical (unpaired) electrons. The molecular formula is C8H9KO2S. The van der Waals surface area contributed by atoms with Gasteiger partial charge in [0.05, 0.1) is 0 Å². The van der Waals surface area contributed by atoms with Crippen LogP contribution in [0.15, 0.2) is 16.8 Å². The van der Waals surface area contributed by atoms with Gasteiger partial charge < -0.3 is 9.90 Å². The van der Waals surface area contributed by atoms with Crippen LogP contribution in [0.1, 0.15) is 18.4 Å². The van der Waals surface area contributed by atoms with Crippen LogP contribution in [0.2, 0.25) is 0 Å². The van der Waals surface area contributed by atoms with E-state index in [-0.39, 0.29) is 57.8 Å². The van der Waals surface area contributed by atoms with Crippen molar-refractivity contribution >= 4 is 17.3 Å². The second-order valence-corrected chi connectivity index (χ2v) is 3.14. The third-order valence-electron chi connectivity index (χ3n) is 1.43. The first-order chi connectivity index (χ1) is 5.29. The zero-order valence-electron chi connectivity index (χ0n) is 7.08. The van der Waals surface area contributed by atoms with Crippen LogP contribution < -0.4 is 56.5 Å². The molecule has 0 aromatic carbocycles. The summed E-state index contributed by atoms with van der Waals surface area (Å²) >= 11 is 1.64. The van der Waals surface area contributed by atoms with Gasteiger partial charge in [-0.05, 0) is 41.7 Å². The second-order valence-electron chi connectivity index (χ2n) is 2.36. The van der Waals surface area contributed by atoms with Crippen molar-refractivity contribution in [3.63, 3.8) is 0 Å². The van der Waals surface area contributed by atoms with Crippen molar-refractivity contribution < 1.29 is 61.3 Å². The molecule has 1 aromatic rings. The number of hydrogen-bond donors (Lipinski definition) is 0. The Kier molecular flexibility index (Phi) is 7.72. The number of carbonyl (C=O) groups is 1. The number of thiophene rings is 1. The van der Waals surface area contributed by atoms with Crippen LogP contribution in [0, 0.1) is 0 Å². The van der Waals surface area contributed by atoms with Gasteiger partial charge in [-0.3, -0.25) is 0 Å². The molecule has 2 nitrogen and oxygen atoms in total. The molecule has 0 N–H and O–H groups in total. The van der Waals surface area contributed by atoms with Gasteiger partial charge in [-0.1, -0.05) is 0 Å². The minimum atomic E-state index is -0.958. The Labute approximate surface area is 118 Å². The molecule has 0 spiro atoms. The molecule has 0 saturated heterocycles. The average Bonchev–Trinajstić information content (AvgIpc) is 2.39. The molecule has 0 fully saturated rings. The summed E-state index contributed by atoms with van der Waals surface area (Å²) < 4.78 is 0. The second kappa shape index (κ2) is 7.23. The fraction of sp³-hybridized carbons (Fsp3) is 0.375. The normalized spacial score (nSPS) is 9.00. The van der Waals surface area contributed by atoms with Crippen LogP contribution >= 0.6 is 11.3 Å². The number of carboxylic acids is 1. The smallest absolute Gasteiger partial charge is 0.550 e. The summed E-state index contributed by atoms with van der Waals surface area (Å²) in [6.07, 6.45) is 1.69. The Bertz CT molecular complexity index is 221. The fourth-order valence-electron chi connectivity index (χ4n) is 0.872. The SMILES string of the molecule is O=C([O-])CCCc1ccsc1.[K+]. The van der Waals surface area contributed by atoms with E-state index in [0.717, 1.165) is 6.42 Å². The van der Waals surface area contributed by atoms with Gasteiger partial charge in [0.25, 0.3) is 0 Å². The van der Waals surface area contributed by atoms with Gasteiger partial charge in [0, 0.05) is 5.97 Å². The maximum atomic E-state index is 10.0. The van der Waals surface area contributed by atoms with Crippen LogP contribution in [0.25, 0.3) is 0 Å². The van der Waals surface area contributed by atoms with Gasteiger partial charge in [-0.25, -0.2) is 0 Å². The van der Waals surface area contributed by atoms with Crippen molar-refractivity contribution in [2.45, 2.75) is 19.3 Å². The molecule has 0 bridgehead atoms. The Morgan fingerprint density at radius 1 is 1.58 bits per heavy atom. The monoisotopic (exact) mass is 208 g/mol. The molecule has 1 aromatic heterocycles. The van der Waals surface area contributed by atoms with E-state index >= 15 is 0 Å². The fourth-order valence-corrected chi connectivity index (χ4v) is 1.57. The molecule has 0 unspecified atom stereocenters. The van der Waals surface area contributed by atoms with E-state index in [4.69, 9.17) is 0 Å². The number of carbonyl (C=O) groups excluding carboxylic acids is 1. The van der Waals surface area contributed by atoms with Gasteiger partial charge in [-0.15, -0.1) is 0 Å². The summed E-state index contributed by atoms with van der Waals surface area (Å²) in [5.41, 5.74) is 1.22. The van der Waals surface area contributed by atoms with Crippen molar-refractivity contribution in [1.82, 2.24) is 0 Å². The minimum Gasteiger partial charge on any atom is -0.550 e. The summed E-state index contributed by atoms with van der Waals surface area (Å²) in [7, 11) is 0. The molecule has 0 aliphatic rings. The summed E-state index contributed by atoms with van der Waals surface area (Å²) in [6, 6.07) is 2.01. The van der Waals surface area contributed by atoms with Gasteiger partial charge in [0.2, 0.25) is 0 Å². The van der Waals surface area contributed by atoms with Gasteiger partial charge >= 0.3 is 51.4 Å². The number of rotatable bonds is 4. The molecule has 4 heteroatoms. The van der Waals surface area contributed by atoms with Crippen LogP contribution in [0.4, 0.5) is 0 Å². The van der Waals surface area contributed by atoms with Gasteiger partial charge in [-0.2, -0.15) is 11.3 Å². The van der Waals surface area contributed by atoms with Crippen molar-refractivity contribution in [1.29, 1.82) is 0 Å².